The highest BCUT2D eigenvalue weighted by Gasteiger charge is 2.17. The minimum atomic E-state index is -0.344. The number of Topliss-reactive ketones (excluding diaryl/α,β-unsaturated/α-hetero) is 1. The van der Waals surface area contributed by atoms with Gasteiger partial charge < -0.3 is 19.9 Å². The van der Waals surface area contributed by atoms with Gasteiger partial charge in [0.2, 0.25) is 0 Å². The Hall–Kier alpha value is -2.08. The van der Waals surface area contributed by atoms with Crippen LogP contribution in [0.15, 0.2) is 12.1 Å². The van der Waals surface area contributed by atoms with Gasteiger partial charge in [0.05, 0.1) is 7.11 Å². The highest BCUT2D eigenvalue weighted by Crippen LogP contribution is 2.30. The van der Waals surface area contributed by atoms with Crippen molar-refractivity contribution in [2.75, 3.05) is 14.2 Å². The van der Waals surface area contributed by atoms with E-state index in [-0.39, 0.29) is 30.0 Å². The molecule has 0 aliphatic rings. The molecule has 1 rings (SSSR count). The highest BCUT2D eigenvalue weighted by atomic mass is 16.5. The molecule has 1 aromatic carbocycles. The second-order valence-electron chi connectivity index (χ2n) is 6.79. The van der Waals surface area contributed by atoms with E-state index in [1.165, 1.54) is 14.0 Å². The number of ketones is 1. The molecule has 27 heavy (non-hydrogen) atoms. The van der Waals surface area contributed by atoms with Gasteiger partial charge >= 0.3 is 5.97 Å². The van der Waals surface area contributed by atoms with Crippen LogP contribution < -0.4 is 10.1 Å². The third kappa shape index (κ3) is 8.43. The lowest BCUT2D eigenvalue weighted by Gasteiger charge is -2.17. The Morgan fingerprint density at radius 2 is 1.96 bits per heavy atom. The number of nitrogens with one attached hydrogen (secondary N) is 1. The molecule has 1 atom stereocenters. The van der Waals surface area contributed by atoms with Crippen LogP contribution in [0, 0.1) is 0 Å². The topological polar surface area (TPSA) is 84.9 Å². The molecule has 1 unspecified atom stereocenters. The van der Waals surface area contributed by atoms with E-state index >= 15 is 0 Å². The van der Waals surface area contributed by atoms with Crippen molar-refractivity contribution in [2.45, 2.75) is 71.4 Å². The van der Waals surface area contributed by atoms with Crippen LogP contribution >= 0.6 is 0 Å². The number of unbranched alkanes of at least 4 members (excludes halogenated alkanes) is 2. The van der Waals surface area contributed by atoms with E-state index in [2.05, 4.69) is 12.2 Å². The first-order chi connectivity index (χ1) is 12.9. The van der Waals surface area contributed by atoms with Gasteiger partial charge in [0, 0.05) is 26.3 Å². The van der Waals surface area contributed by atoms with E-state index in [0.717, 1.165) is 36.8 Å². The van der Waals surface area contributed by atoms with Gasteiger partial charge in [0.25, 0.3) is 0 Å². The first-order valence-corrected chi connectivity index (χ1v) is 9.63. The fraction of sp³-hybridized carbons (Fsp3) is 0.619. The molecule has 1 aromatic rings. The monoisotopic (exact) mass is 379 g/mol. The third-order valence-corrected chi connectivity index (χ3v) is 4.46. The quantitative estimate of drug-likeness (QED) is 0.403. The molecule has 0 amide bonds. The number of aromatic hydroxyl groups is 1. The smallest absolute Gasteiger partial charge is 0.302 e. The third-order valence-electron chi connectivity index (χ3n) is 4.46. The molecule has 0 heterocycles. The number of aryl methyl sites for hydroxylation is 1. The van der Waals surface area contributed by atoms with Gasteiger partial charge in [-0.2, -0.15) is 0 Å². The Morgan fingerprint density at radius 3 is 2.56 bits per heavy atom. The molecule has 0 fully saturated rings. The number of benzene rings is 1. The number of phenolic OH excluding ortho intramolecular Hbond substituents is 1. The lowest BCUT2D eigenvalue weighted by atomic mass is 9.97. The van der Waals surface area contributed by atoms with E-state index in [9.17, 15) is 14.7 Å². The molecule has 0 spiro atoms. The van der Waals surface area contributed by atoms with Gasteiger partial charge in [-0.1, -0.05) is 19.8 Å². The Balaban J connectivity index is 2.71. The SMILES string of the molecule is CCCCCC(CC(=O)CCc1cc(OC)c(O)cc1CNC)OC(C)=O. The fourth-order valence-electron chi connectivity index (χ4n) is 3.09. The summed E-state index contributed by atoms with van der Waals surface area (Å²) in [6.45, 7) is 4.08. The van der Waals surface area contributed by atoms with Gasteiger partial charge in [-0.05, 0) is 49.6 Å². The fourth-order valence-corrected chi connectivity index (χ4v) is 3.09. The van der Waals surface area contributed by atoms with E-state index in [1.54, 1.807) is 12.1 Å². The molecule has 6 heteroatoms. The van der Waals surface area contributed by atoms with Crippen LogP contribution in [0.4, 0.5) is 0 Å². The van der Waals surface area contributed by atoms with Crippen molar-refractivity contribution in [3.63, 3.8) is 0 Å². The normalized spacial score (nSPS) is 11.9. The summed E-state index contributed by atoms with van der Waals surface area (Å²) >= 11 is 0. The number of ether oxygens (including phenoxy) is 2. The van der Waals surface area contributed by atoms with Crippen molar-refractivity contribution >= 4 is 11.8 Å². The molecule has 0 aromatic heterocycles. The average Bonchev–Trinajstić information content (AvgIpc) is 2.61. The second kappa shape index (κ2) is 12.3. The maximum absolute atomic E-state index is 12.4. The molecule has 6 nitrogen and oxygen atoms in total. The lowest BCUT2D eigenvalue weighted by molar-refractivity contribution is -0.148. The zero-order valence-electron chi connectivity index (χ0n) is 17.0. The van der Waals surface area contributed by atoms with Crippen LogP contribution in [-0.4, -0.2) is 37.1 Å². The standard InChI is InChI=1S/C21H33NO5/c1-5-6-7-8-19(27-15(2)23)13-18(24)10-9-16-12-21(26-4)20(25)11-17(16)14-22-3/h11-12,19,22,25H,5-10,13-14H2,1-4H3. The van der Waals surface area contributed by atoms with Crippen LogP contribution in [0.1, 0.15) is 63.5 Å². The van der Waals surface area contributed by atoms with Gasteiger partial charge in [0.15, 0.2) is 11.5 Å². The second-order valence-corrected chi connectivity index (χ2v) is 6.79. The summed E-state index contributed by atoms with van der Waals surface area (Å²) in [6.07, 6.45) is 4.63. The van der Waals surface area contributed by atoms with Crippen LogP contribution in [0.25, 0.3) is 0 Å². The Morgan fingerprint density at radius 1 is 1.22 bits per heavy atom. The molecular weight excluding hydrogens is 346 g/mol. The Bertz CT molecular complexity index is 615. The summed E-state index contributed by atoms with van der Waals surface area (Å²) < 4.78 is 10.5. The molecule has 152 valence electrons. The summed E-state index contributed by atoms with van der Waals surface area (Å²) in [5.74, 6) is 0.211. The van der Waals surface area contributed by atoms with E-state index in [4.69, 9.17) is 9.47 Å². The van der Waals surface area contributed by atoms with Gasteiger partial charge in [0.1, 0.15) is 11.9 Å². The molecule has 2 N–H and O–H groups in total. The summed E-state index contributed by atoms with van der Waals surface area (Å²) in [4.78, 5) is 23.7. The van der Waals surface area contributed by atoms with E-state index in [1.807, 2.05) is 7.05 Å². The number of esters is 1. The number of carbonyl (C=O) groups excluding carboxylic acids is 2. The van der Waals surface area contributed by atoms with E-state index in [0.29, 0.717) is 25.1 Å². The van der Waals surface area contributed by atoms with Gasteiger partial charge in [-0.15, -0.1) is 0 Å². The summed E-state index contributed by atoms with van der Waals surface area (Å²) in [6, 6.07) is 3.45. The predicted molar refractivity (Wildman–Crippen MR) is 105 cm³/mol. The summed E-state index contributed by atoms with van der Waals surface area (Å²) in [7, 11) is 3.33. The maximum Gasteiger partial charge on any atom is 0.302 e. The number of hydrogen-bond acceptors (Lipinski definition) is 6. The van der Waals surface area contributed by atoms with Crippen molar-refractivity contribution in [2.24, 2.45) is 0 Å². The predicted octanol–water partition coefficient (Wildman–Crippen LogP) is 3.52. The first-order valence-electron chi connectivity index (χ1n) is 9.63. The molecule has 0 bridgehead atoms. The number of hydrogen-bond donors (Lipinski definition) is 2. The molecule has 0 aliphatic heterocycles. The summed E-state index contributed by atoms with van der Waals surface area (Å²) in [5, 5.41) is 13.0. The van der Waals surface area contributed by atoms with E-state index < -0.39 is 0 Å². The number of phenols is 1. The minimum absolute atomic E-state index is 0.0696. The lowest BCUT2D eigenvalue weighted by Crippen LogP contribution is -2.21. The number of carbonyl (C=O) groups is 2. The maximum atomic E-state index is 12.4. The average molecular weight is 379 g/mol. The van der Waals surface area contributed by atoms with Crippen molar-refractivity contribution in [1.29, 1.82) is 0 Å². The van der Waals surface area contributed by atoms with Crippen LogP contribution in [0.5, 0.6) is 11.5 Å². The molecular formula is C21H33NO5. The van der Waals surface area contributed by atoms with Crippen LogP contribution in [0.3, 0.4) is 0 Å². The van der Waals surface area contributed by atoms with Crippen molar-refractivity contribution in [3.05, 3.63) is 23.3 Å². The number of rotatable bonds is 13. The van der Waals surface area contributed by atoms with Crippen molar-refractivity contribution < 1.29 is 24.2 Å². The summed E-state index contributed by atoms with van der Waals surface area (Å²) in [5.41, 5.74) is 1.89. The number of methoxy groups -OCH3 is 1. The van der Waals surface area contributed by atoms with Crippen molar-refractivity contribution in [3.8, 4) is 11.5 Å². The molecule has 0 aliphatic carbocycles. The zero-order chi connectivity index (χ0) is 20.2. The molecule has 0 saturated heterocycles. The Labute approximate surface area is 162 Å². The Kier molecular flexibility index (Phi) is 10.5. The minimum Gasteiger partial charge on any atom is -0.504 e. The molecule has 0 saturated carbocycles. The van der Waals surface area contributed by atoms with Crippen LogP contribution in [0.2, 0.25) is 0 Å². The van der Waals surface area contributed by atoms with Crippen molar-refractivity contribution in [1.82, 2.24) is 5.32 Å². The first kappa shape index (κ1) is 23.0. The zero-order valence-corrected chi connectivity index (χ0v) is 17.0. The largest absolute Gasteiger partial charge is 0.504 e. The highest BCUT2D eigenvalue weighted by molar-refractivity contribution is 5.79. The molecule has 0 radical (unpaired) electrons. The van der Waals surface area contributed by atoms with Gasteiger partial charge in [-0.25, -0.2) is 0 Å². The van der Waals surface area contributed by atoms with Crippen LogP contribution in [-0.2, 0) is 27.3 Å². The van der Waals surface area contributed by atoms with Gasteiger partial charge in [-0.3, -0.25) is 9.59 Å².